The molecule has 6 heteroatoms. The Morgan fingerprint density at radius 3 is 3.10 bits per heavy atom. The second-order valence-corrected chi connectivity index (χ2v) is 5.36. The zero-order valence-corrected chi connectivity index (χ0v) is 12.1. The summed E-state index contributed by atoms with van der Waals surface area (Å²) in [4.78, 5) is 6.65. The van der Waals surface area contributed by atoms with Crippen molar-refractivity contribution < 1.29 is 8.91 Å². The maximum atomic E-state index is 13.6. The van der Waals surface area contributed by atoms with Gasteiger partial charge in [-0.1, -0.05) is 17.3 Å². The van der Waals surface area contributed by atoms with Crippen molar-refractivity contribution in [3.05, 3.63) is 35.5 Å². The molecule has 0 saturated carbocycles. The van der Waals surface area contributed by atoms with Crippen LogP contribution in [0.1, 0.15) is 17.9 Å². The molecule has 0 amide bonds. The normalized spacial score (nSPS) is 16.9. The van der Waals surface area contributed by atoms with E-state index in [2.05, 4.69) is 20.4 Å². The summed E-state index contributed by atoms with van der Waals surface area (Å²) in [6.45, 7) is 6.39. The summed E-state index contributed by atoms with van der Waals surface area (Å²) in [5, 5.41) is 7.31. The number of aromatic nitrogens is 2. The third-order valence-electron chi connectivity index (χ3n) is 3.69. The van der Waals surface area contributed by atoms with Crippen LogP contribution in [0.25, 0.3) is 11.4 Å². The minimum atomic E-state index is -0.252. The summed E-state index contributed by atoms with van der Waals surface area (Å²) >= 11 is 0. The predicted molar refractivity (Wildman–Crippen MR) is 77.2 cm³/mol. The molecule has 0 aliphatic carbocycles. The lowest BCUT2D eigenvalue weighted by Crippen LogP contribution is -2.27. The van der Waals surface area contributed by atoms with Crippen LogP contribution in [0.2, 0.25) is 0 Å². The number of hydrogen-bond acceptors (Lipinski definition) is 5. The van der Waals surface area contributed by atoms with E-state index in [4.69, 9.17) is 4.52 Å². The Balaban J connectivity index is 1.71. The van der Waals surface area contributed by atoms with Crippen molar-refractivity contribution in [1.82, 2.24) is 20.4 Å². The fraction of sp³-hybridized carbons (Fsp3) is 0.467. The zero-order chi connectivity index (χ0) is 14.7. The summed E-state index contributed by atoms with van der Waals surface area (Å²) in [7, 11) is 0. The molecule has 0 bridgehead atoms. The highest BCUT2D eigenvalue weighted by molar-refractivity contribution is 5.54. The highest BCUT2D eigenvalue weighted by Gasteiger charge is 2.15. The number of rotatable bonds is 3. The Morgan fingerprint density at radius 1 is 1.33 bits per heavy atom. The SMILES string of the molecule is Cc1ccc(-c2noc(CN3CCCNCC3)n2)cc1F. The van der Waals surface area contributed by atoms with E-state index in [0.29, 0.717) is 29.4 Å². The lowest BCUT2D eigenvalue weighted by molar-refractivity contribution is 0.239. The first-order chi connectivity index (χ1) is 10.2. The molecule has 0 spiro atoms. The standard InChI is InChI=1S/C15H19FN4O/c1-11-3-4-12(9-13(11)16)15-18-14(21-19-15)10-20-7-2-5-17-6-8-20/h3-4,9,17H,2,5-8,10H2,1H3. The molecule has 1 aromatic carbocycles. The van der Waals surface area contributed by atoms with Crippen molar-refractivity contribution >= 4 is 0 Å². The van der Waals surface area contributed by atoms with Gasteiger partial charge < -0.3 is 9.84 Å². The fourth-order valence-corrected chi connectivity index (χ4v) is 2.42. The largest absolute Gasteiger partial charge is 0.338 e. The van der Waals surface area contributed by atoms with E-state index in [-0.39, 0.29) is 5.82 Å². The maximum absolute atomic E-state index is 13.6. The molecule has 1 aromatic heterocycles. The molecule has 1 N–H and O–H groups in total. The van der Waals surface area contributed by atoms with Crippen LogP contribution >= 0.6 is 0 Å². The average molecular weight is 290 g/mol. The molecule has 112 valence electrons. The van der Waals surface area contributed by atoms with Crippen LogP contribution in [0.5, 0.6) is 0 Å². The van der Waals surface area contributed by atoms with Gasteiger partial charge in [-0.25, -0.2) is 4.39 Å². The number of halogens is 1. The monoisotopic (exact) mass is 290 g/mol. The topological polar surface area (TPSA) is 54.2 Å². The van der Waals surface area contributed by atoms with Gasteiger partial charge in [-0.2, -0.15) is 4.98 Å². The maximum Gasteiger partial charge on any atom is 0.241 e. The van der Waals surface area contributed by atoms with E-state index in [0.717, 1.165) is 32.6 Å². The number of nitrogens with one attached hydrogen (secondary N) is 1. The van der Waals surface area contributed by atoms with Gasteiger partial charge in [0.25, 0.3) is 0 Å². The summed E-state index contributed by atoms with van der Waals surface area (Å²) in [5.74, 6) is 0.766. The second kappa shape index (κ2) is 6.32. The minimum Gasteiger partial charge on any atom is -0.338 e. The summed E-state index contributed by atoms with van der Waals surface area (Å²) in [6.07, 6.45) is 1.12. The molecular weight excluding hydrogens is 271 g/mol. The van der Waals surface area contributed by atoms with Crippen molar-refractivity contribution in [3.8, 4) is 11.4 Å². The van der Waals surface area contributed by atoms with Gasteiger partial charge in [-0.3, -0.25) is 4.90 Å². The Bertz CT molecular complexity index is 605. The van der Waals surface area contributed by atoms with E-state index in [9.17, 15) is 4.39 Å². The third kappa shape index (κ3) is 3.46. The highest BCUT2D eigenvalue weighted by atomic mass is 19.1. The van der Waals surface area contributed by atoms with Crippen LogP contribution in [0, 0.1) is 12.7 Å². The first kappa shape index (κ1) is 14.2. The number of hydrogen-bond donors (Lipinski definition) is 1. The van der Waals surface area contributed by atoms with Crippen molar-refractivity contribution in [2.45, 2.75) is 19.9 Å². The summed E-state index contributed by atoms with van der Waals surface area (Å²) in [6, 6.07) is 4.98. The molecule has 1 aliphatic rings. The van der Waals surface area contributed by atoms with Gasteiger partial charge in [0.15, 0.2) is 0 Å². The quantitative estimate of drug-likeness (QED) is 0.936. The molecule has 5 nitrogen and oxygen atoms in total. The molecule has 2 heterocycles. The first-order valence-corrected chi connectivity index (χ1v) is 7.24. The Morgan fingerprint density at radius 2 is 2.24 bits per heavy atom. The Kier molecular flexibility index (Phi) is 4.26. The van der Waals surface area contributed by atoms with Crippen LogP contribution < -0.4 is 5.32 Å². The molecule has 0 unspecified atom stereocenters. The molecule has 0 radical (unpaired) electrons. The number of nitrogens with zero attached hydrogens (tertiary/aromatic N) is 3. The van der Waals surface area contributed by atoms with E-state index in [1.165, 1.54) is 6.07 Å². The first-order valence-electron chi connectivity index (χ1n) is 7.24. The van der Waals surface area contributed by atoms with Crippen LogP contribution in [0.15, 0.2) is 22.7 Å². The smallest absolute Gasteiger partial charge is 0.241 e. The zero-order valence-electron chi connectivity index (χ0n) is 12.1. The van der Waals surface area contributed by atoms with Gasteiger partial charge in [-0.15, -0.1) is 0 Å². The lowest BCUT2D eigenvalue weighted by Gasteiger charge is -2.16. The van der Waals surface area contributed by atoms with Crippen LogP contribution in [0.3, 0.4) is 0 Å². The minimum absolute atomic E-state index is 0.252. The van der Waals surface area contributed by atoms with Gasteiger partial charge in [0, 0.05) is 18.7 Å². The van der Waals surface area contributed by atoms with Gasteiger partial charge in [-0.05, 0) is 38.1 Å². The number of aryl methyl sites for hydroxylation is 1. The van der Waals surface area contributed by atoms with Crippen LogP contribution in [0.4, 0.5) is 4.39 Å². The van der Waals surface area contributed by atoms with E-state index in [1.807, 2.05) is 6.07 Å². The van der Waals surface area contributed by atoms with Gasteiger partial charge in [0.2, 0.25) is 11.7 Å². The lowest BCUT2D eigenvalue weighted by atomic mass is 10.1. The van der Waals surface area contributed by atoms with Crippen LogP contribution in [-0.4, -0.2) is 41.2 Å². The second-order valence-electron chi connectivity index (χ2n) is 5.36. The van der Waals surface area contributed by atoms with E-state index < -0.39 is 0 Å². The Hall–Kier alpha value is -1.79. The highest BCUT2D eigenvalue weighted by Crippen LogP contribution is 2.19. The molecular formula is C15H19FN4O. The molecule has 2 aromatic rings. The molecule has 1 fully saturated rings. The van der Waals surface area contributed by atoms with E-state index >= 15 is 0 Å². The summed E-state index contributed by atoms with van der Waals surface area (Å²) < 4.78 is 18.9. The average Bonchev–Trinajstić information content (AvgIpc) is 2.78. The third-order valence-corrected chi connectivity index (χ3v) is 3.69. The van der Waals surface area contributed by atoms with Crippen molar-refractivity contribution in [2.75, 3.05) is 26.2 Å². The fourth-order valence-electron chi connectivity index (χ4n) is 2.42. The van der Waals surface area contributed by atoms with Crippen molar-refractivity contribution in [1.29, 1.82) is 0 Å². The van der Waals surface area contributed by atoms with Crippen molar-refractivity contribution in [2.24, 2.45) is 0 Å². The molecule has 1 aliphatic heterocycles. The Labute approximate surface area is 123 Å². The number of benzene rings is 1. The molecule has 21 heavy (non-hydrogen) atoms. The summed E-state index contributed by atoms with van der Waals surface area (Å²) in [5.41, 5.74) is 1.25. The molecule has 3 rings (SSSR count). The predicted octanol–water partition coefficient (Wildman–Crippen LogP) is 1.98. The van der Waals surface area contributed by atoms with Gasteiger partial charge in [0.1, 0.15) is 5.82 Å². The van der Waals surface area contributed by atoms with Crippen molar-refractivity contribution in [3.63, 3.8) is 0 Å². The van der Waals surface area contributed by atoms with Gasteiger partial charge >= 0.3 is 0 Å². The molecule has 0 atom stereocenters. The van der Waals surface area contributed by atoms with E-state index in [1.54, 1.807) is 13.0 Å². The van der Waals surface area contributed by atoms with Gasteiger partial charge in [0.05, 0.1) is 6.54 Å². The van der Waals surface area contributed by atoms with Crippen LogP contribution in [-0.2, 0) is 6.54 Å². The molecule has 1 saturated heterocycles.